The van der Waals surface area contributed by atoms with Crippen LogP contribution in [0.4, 0.5) is 0 Å². The Morgan fingerprint density at radius 1 is 1.07 bits per heavy atom. The molecule has 1 aromatic heterocycles. The number of aromatic nitrogens is 1. The van der Waals surface area contributed by atoms with Crippen LogP contribution in [-0.4, -0.2) is 47.1 Å². The Morgan fingerprint density at radius 3 is 2.61 bits per heavy atom. The quantitative estimate of drug-likeness (QED) is 0.756. The number of nitrogens with zero attached hydrogens (tertiary/aromatic N) is 2. The third-order valence-corrected chi connectivity index (χ3v) is 5.30. The average molecular weight is 376 g/mol. The number of methoxy groups -OCH3 is 1. The number of carboxylic acid groups (broad SMARTS) is 1. The number of carbonyl (C=O) groups excluding carboxylic acids is 1. The molecule has 142 valence electrons. The minimum absolute atomic E-state index is 0.157. The summed E-state index contributed by atoms with van der Waals surface area (Å²) >= 11 is 0. The molecule has 6 heteroatoms. The summed E-state index contributed by atoms with van der Waals surface area (Å²) in [5.41, 5.74) is 1.18. The van der Waals surface area contributed by atoms with Gasteiger partial charge in [-0.15, -0.1) is 0 Å². The summed E-state index contributed by atoms with van der Waals surface area (Å²) in [6, 6.07) is 16.8. The van der Waals surface area contributed by atoms with Crippen LogP contribution in [0.1, 0.15) is 22.0 Å². The Balaban J connectivity index is 1.62. The molecule has 1 amide bonds. The van der Waals surface area contributed by atoms with Crippen LogP contribution >= 0.6 is 0 Å². The van der Waals surface area contributed by atoms with Gasteiger partial charge in [-0.3, -0.25) is 14.6 Å². The van der Waals surface area contributed by atoms with Gasteiger partial charge in [0.1, 0.15) is 11.4 Å². The summed E-state index contributed by atoms with van der Waals surface area (Å²) in [5.74, 6) is -1.45. The molecule has 0 aliphatic carbocycles. The van der Waals surface area contributed by atoms with E-state index in [0.717, 1.165) is 16.3 Å². The zero-order chi connectivity index (χ0) is 19.7. The predicted octanol–water partition coefficient (Wildman–Crippen LogP) is 3.18. The predicted molar refractivity (Wildman–Crippen MR) is 105 cm³/mol. The largest absolute Gasteiger partial charge is 0.497 e. The molecule has 1 N–H and O–H groups in total. The lowest BCUT2D eigenvalue weighted by atomic mass is 9.89. The number of aliphatic carboxylic acids is 1. The molecule has 0 saturated carbocycles. The average Bonchev–Trinajstić information content (AvgIpc) is 3.19. The molecule has 0 bridgehead atoms. The second kappa shape index (κ2) is 7.31. The first kappa shape index (κ1) is 18.0. The van der Waals surface area contributed by atoms with Crippen LogP contribution in [0.3, 0.4) is 0 Å². The third-order valence-electron chi connectivity index (χ3n) is 5.30. The maximum atomic E-state index is 13.0. The van der Waals surface area contributed by atoms with Crippen molar-refractivity contribution in [1.82, 2.24) is 9.88 Å². The molecular formula is C22H20N2O4. The smallest absolute Gasteiger partial charge is 0.308 e. The van der Waals surface area contributed by atoms with Crippen molar-refractivity contribution in [2.75, 3.05) is 20.2 Å². The Bertz CT molecular complexity index is 1050. The van der Waals surface area contributed by atoms with Crippen molar-refractivity contribution in [3.8, 4) is 5.75 Å². The van der Waals surface area contributed by atoms with E-state index in [-0.39, 0.29) is 18.4 Å². The molecule has 1 aliphatic heterocycles. The van der Waals surface area contributed by atoms with Crippen LogP contribution in [0.5, 0.6) is 5.75 Å². The minimum Gasteiger partial charge on any atom is -0.497 e. The summed E-state index contributed by atoms with van der Waals surface area (Å²) in [6.45, 7) is 0.488. The van der Waals surface area contributed by atoms with Gasteiger partial charge >= 0.3 is 5.97 Å². The van der Waals surface area contributed by atoms with Crippen molar-refractivity contribution < 1.29 is 19.4 Å². The number of likely N-dealkylation sites (tertiary alicyclic amines) is 1. The standard InChI is InChI=1S/C22H20N2O4/c1-28-17-8-4-7-15(9-17)18-12-24(13-19(18)22(26)27)21(25)20-10-14-5-2-3-6-16(14)11-23-20/h2-11,18-19H,12-13H2,1H3,(H,26,27)/t18-,19+/m0/s1. The van der Waals surface area contributed by atoms with Crippen LogP contribution in [-0.2, 0) is 4.79 Å². The zero-order valence-corrected chi connectivity index (χ0v) is 15.4. The highest BCUT2D eigenvalue weighted by Gasteiger charge is 2.41. The summed E-state index contributed by atoms with van der Waals surface area (Å²) in [6.07, 6.45) is 1.67. The lowest BCUT2D eigenvalue weighted by molar-refractivity contribution is -0.141. The van der Waals surface area contributed by atoms with Crippen molar-refractivity contribution in [2.24, 2.45) is 5.92 Å². The highest BCUT2D eigenvalue weighted by Crippen LogP contribution is 2.35. The first-order valence-electron chi connectivity index (χ1n) is 9.07. The number of carbonyl (C=O) groups is 2. The van der Waals surface area contributed by atoms with Crippen LogP contribution < -0.4 is 4.74 Å². The Morgan fingerprint density at radius 2 is 1.86 bits per heavy atom. The lowest BCUT2D eigenvalue weighted by Gasteiger charge is -2.17. The van der Waals surface area contributed by atoms with E-state index in [2.05, 4.69) is 4.98 Å². The topological polar surface area (TPSA) is 79.7 Å². The number of benzene rings is 2. The Kier molecular flexibility index (Phi) is 4.69. The van der Waals surface area contributed by atoms with Crippen molar-refractivity contribution >= 4 is 22.6 Å². The molecule has 1 fully saturated rings. The molecule has 3 aromatic rings. The first-order chi connectivity index (χ1) is 13.6. The van der Waals surface area contributed by atoms with Gasteiger partial charge in [0.05, 0.1) is 13.0 Å². The number of pyridine rings is 1. The van der Waals surface area contributed by atoms with Gasteiger partial charge in [0.25, 0.3) is 5.91 Å². The molecule has 1 saturated heterocycles. The second-order valence-electron chi connectivity index (χ2n) is 6.95. The summed E-state index contributed by atoms with van der Waals surface area (Å²) < 4.78 is 5.26. The molecule has 1 aliphatic rings. The van der Waals surface area contributed by atoms with E-state index in [9.17, 15) is 14.7 Å². The number of rotatable bonds is 4. The molecule has 28 heavy (non-hydrogen) atoms. The van der Waals surface area contributed by atoms with E-state index in [1.807, 2.05) is 48.5 Å². The number of amides is 1. The van der Waals surface area contributed by atoms with E-state index in [1.54, 1.807) is 24.3 Å². The highest BCUT2D eigenvalue weighted by molar-refractivity contribution is 5.97. The molecule has 2 heterocycles. The number of hydrogen-bond donors (Lipinski definition) is 1. The van der Waals surface area contributed by atoms with E-state index in [0.29, 0.717) is 18.0 Å². The van der Waals surface area contributed by atoms with Gasteiger partial charge < -0.3 is 14.7 Å². The maximum Gasteiger partial charge on any atom is 0.308 e. The summed E-state index contributed by atoms with van der Waals surface area (Å²) in [5, 5.41) is 11.6. The molecule has 4 rings (SSSR count). The first-order valence-corrected chi connectivity index (χ1v) is 9.07. The monoisotopic (exact) mass is 376 g/mol. The zero-order valence-electron chi connectivity index (χ0n) is 15.4. The lowest BCUT2D eigenvalue weighted by Crippen LogP contribution is -2.30. The molecular weight excluding hydrogens is 356 g/mol. The maximum absolute atomic E-state index is 13.0. The Labute approximate surface area is 162 Å². The van der Waals surface area contributed by atoms with Crippen molar-refractivity contribution in [3.63, 3.8) is 0 Å². The van der Waals surface area contributed by atoms with Gasteiger partial charge in [0.15, 0.2) is 0 Å². The Hall–Kier alpha value is -3.41. The fourth-order valence-electron chi connectivity index (χ4n) is 3.79. The van der Waals surface area contributed by atoms with Gasteiger partial charge in [-0.05, 0) is 29.1 Å². The number of fused-ring (bicyclic) bond motifs is 1. The summed E-state index contributed by atoms with van der Waals surface area (Å²) in [4.78, 5) is 30.7. The fourth-order valence-corrected chi connectivity index (χ4v) is 3.79. The fraction of sp³-hybridized carbons (Fsp3) is 0.227. The van der Waals surface area contributed by atoms with Gasteiger partial charge in [-0.25, -0.2) is 0 Å². The second-order valence-corrected chi connectivity index (χ2v) is 6.95. The minimum atomic E-state index is -0.908. The van der Waals surface area contributed by atoms with E-state index >= 15 is 0 Å². The summed E-state index contributed by atoms with van der Waals surface area (Å²) in [7, 11) is 1.57. The molecule has 2 atom stereocenters. The van der Waals surface area contributed by atoms with Gasteiger partial charge in [-0.1, -0.05) is 36.4 Å². The van der Waals surface area contributed by atoms with Gasteiger partial charge in [0.2, 0.25) is 0 Å². The van der Waals surface area contributed by atoms with Crippen molar-refractivity contribution in [2.45, 2.75) is 5.92 Å². The van der Waals surface area contributed by atoms with E-state index in [1.165, 1.54) is 0 Å². The van der Waals surface area contributed by atoms with E-state index in [4.69, 9.17) is 4.74 Å². The molecule has 0 unspecified atom stereocenters. The number of carboxylic acids is 1. The molecule has 0 spiro atoms. The number of ether oxygens (including phenoxy) is 1. The van der Waals surface area contributed by atoms with Gasteiger partial charge in [0, 0.05) is 30.6 Å². The van der Waals surface area contributed by atoms with Gasteiger partial charge in [-0.2, -0.15) is 0 Å². The normalized spacial score (nSPS) is 19.0. The molecule has 6 nitrogen and oxygen atoms in total. The van der Waals surface area contributed by atoms with Crippen molar-refractivity contribution in [3.05, 3.63) is 72.1 Å². The van der Waals surface area contributed by atoms with E-state index < -0.39 is 11.9 Å². The van der Waals surface area contributed by atoms with Crippen LogP contribution in [0.2, 0.25) is 0 Å². The van der Waals surface area contributed by atoms with Crippen molar-refractivity contribution in [1.29, 1.82) is 0 Å². The van der Waals surface area contributed by atoms with Crippen LogP contribution in [0, 0.1) is 5.92 Å². The molecule has 2 aromatic carbocycles. The highest BCUT2D eigenvalue weighted by atomic mass is 16.5. The van der Waals surface area contributed by atoms with Crippen LogP contribution in [0.25, 0.3) is 10.8 Å². The third kappa shape index (κ3) is 3.29. The number of hydrogen-bond acceptors (Lipinski definition) is 4. The molecule has 0 radical (unpaired) electrons. The SMILES string of the molecule is COc1cccc([C@@H]2CN(C(=O)c3cc4ccccc4cn3)C[C@H]2C(=O)O)c1. The van der Waals surface area contributed by atoms with Crippen LogP contribution in [0.15, 0.2) is 60.8 Å².